The lowest BCUT2D eigenvalue weighted by Crippen LogP contribution is -2.39. The zero-order valence-corrected chi connectivity index (χ0v) is 10.8. The minimum Gasteiger partial charge on any atom is -0.208 e. The van der Waals surface area contributed by atoms with E-state index in [-0.39, 0.29) is 6.04 Å². The van der Waals surface area contributed by atoms with Gasteiger partial charge in [0.05, 0.1) is 4.90 Å². The van der Waals surface area contributed by atoms with Crippen LogP contribution < -0.4 is 4.72 Å². The van der Waals surface area contributed by atoms with Gasteiger partial charge in [-0.05, 0) is 35.7 Å². The van der Waals surface area contributed by atoms with Crippen LogP contribution in [0.15, 0.2) is 47.4 Å². The second kappa shape index (κ2) is 4.37. The number of fused-ring (bicyclic) bond motifs is 1. The predicted molar refractivity (Wildman–Crippen MR) is 71.9 cm³/mol. The van der Waals surface area contributed by atoms with Gasteiger partial charge < -0.3 is 0 Å². The first kappa shape index (κ1) is 11.7. The Morgan fingerprint density at radius 1 is 1.00 bits per heavy atom. The van der Waals surface area contributed by atoms with E-state index in [1.54, 1.807) is 12.1 Å². The molecule has 1 aliphatic carbocycles. The van der Waals surface area contributed by atoms with E-state index in [1.165, 1.54) is 0 Å². The van der Waals surface area contributed by atoms with Crippen LogP contribution in [0, 0.1) is 0 Å². The first-order valence-electron chi connectivity index (χ1n) is 6.16. The van der Waals surface area contributed by atoms with Gasteiger partial charge in [-0.3, -0.25) is 0 Å². The molecule has 0 amide bonds. The van der Waals surface area contributed by atoms with Crippen LogP contribution in [0.1, 0.15) is 19.3 Å². The van der Waals surface area contributed by atoms with Crippen molar-refractivity contribution >= 4 is 20.8 Å². The molecular formula is C14H15NO2S. The van der Waals surface area contributed by atoms with Crippen LogP contribution in [-0.4, -0.2) is 14.5 Å². The average Bonchev–Trinajstić information content (AvgIpc) is 2.33. The van der Waals surface area contributed by atoms with E-state index in [4.69, 9.17) is 0 Å². The molecule has 94 valence electrons. The highest BCUT2D eigenvalue weighted by molar-refractivity contribution is 7.89. The number of nitrogens with one attached hydrogen (secondary N) is 1. The summed E-state index contributed by atoms with van der Waals surface area (Å²) in [5.74, 6) is 0. The van der Waals surface area contributed by atoms with Crippen LogP contribution in [0.2, 0.25) is 0 Å². The van der Waals surface area contributed by atoms with Gasteiger partial charge in [0, 0.05) is 6.04 Å². The molecule has 1 N–H and O–H groups in total. The van der Waals surface area contributed by atoms with Crippen LogP contribution in [0.25, 0.3) is 10.8 Å². The maximum Gasteiger partial charge on any atom is 0.240 e. The Bertz CT molecular complexity index is 675. The van der Waals surface area contributed by atoms with Crippen molar-refractivity contribution in [2.45, 2.75) is 30.2 Å². The van der Waals surface area contributed by atoms with Crippen molar-refractivity contribution in [1.29, 1.82) is 0 Å². The van der Waals surface area contributed by atoms with Gasteiger partial charge in [-0.25, -0.2) is 13.1 Å². The summed E-state index contributed by atoms with van der Waals surface area (Å²) in [6.45, 7) is 0. The van der Waals surface area contributed by atoms with Crippen LogP contribution in [0.5, 0.6) is 0 Å². The molecule has 4 heteroatoms. The minimum atomic E-state index is -3.36. The highest BCUT2D eigenvalue weighted by Gasteiger charge is 2.24. The Kier molecular flexibility index (Phi) is 2.84. The topological polar surface area (TPSA) is 46.2 Å². The molecule has 0 spiro atoms. The summed E-state index contributed by atoms with van der Waals surface area (Å²) < 4.78 is 27.1. The van der Waals surface area contributed by atoms with E-state index in [0.717, 1.165) is 30.0 Å². The van der Waals surface area contributed by atoms with E-state index in [1.807, 2.05) is 30.3 Å². The van der Waals surface area contributed by atoms with Crippen molar-refractivity contribution in [3.63, 3.8) is 0 Å². The molecule has 0 saturated heterocycles. The standard InChI is InChI=1S/C14H15NO2S/c16-18(17,15-13-6-3-7-13)14-9-8-11-4-1-2-5-12(11)10-14/h1-2,4-5,8-10,13,15H,3,6-7H2. The van der Waals surface area contributed by atoms with Gasteiger partial charge in [0.1, 0.15) is 0 Å². The number of benzene rings is 2. The van der Waals surface area contributed by atoms with E-state index in [0.29, 0.717) is 4.90 Å². The minimum absolute atomic E-state index is 0.126. The van der Waals surface area contributed by atoms with Crippen LogP contribution in [-0.2, 0) is 10.0 Å². The number of hydrogen-bond donors (Lipinski definition) is 1. The number of sulfonamides is 1. The first-order valence-corrected chi connectivity index (χ1v) is 7.65. The van der Waals surface area contributed by atoms with Crippen molar-refractivity contribution < 1.29 is 8.42 Å². The Morgan fingerprint density at radius 2 is 1.72 bits per heavy atom. The molecule has 0 heterocycles. The summed E-state index contributed by atoms with van der Waals surface area (Å²) in [4.78, 5) is 0.355. The van der Waals surface area contributed by atoms with E-state index in [9.17, 15) is 8.42 Å². The molecule has 0 aliphatic heterocycles. The third kappa shape index (κ3) is 2.13. The number of rotatable bonds is 3. The van der Waals surface area contributed by atoms with Gasteiger partial charge in [-0.1, -0.05) is 36.8 Å². The van der Waals surface area contributed by atoms with Crippen molar-refractivity contribution in [3.05, 3.63) is 42.5 Å². The predicted octanol–water partition coefficient (Wildman–Crippen LogP) is 2.67. The van der Waals surface area contributed by atoms with Crippen molar-refractivity contribution in [1.82, 2.24) is 4.72 Å². The van der Waals surface area contributed by atoms with E-state index >= 15 is 0 Å². The summed E-state index contributed by atoms with van der Waals surface area (Å²) in [7, 11) is -3.36. The molecule has 1 saturated carbocycles. The lowest BCUT2D eigenvalue weighted by molar-refractivity contribution is 0.383. The van der Waals surface area contributed by atoms with Gasteiger partial charge in [0.15, 0.2) is 0 Å². The maximum atomic E-state index is 12.2. The molecule has 3 rings (SSSR count). The SMILES string of the molecule is O=S(=O)(NC1CCC1)c1ccc2ccccc2c1. The van der Waals surface area contributed by atoms with E-state index in [2.05, 4.69) is 4.72 Å². The molecule has 2 aromatic carbocycles. The molecule has 0 atom stereocenters. The van der Waals surface area contributed by atoms with Crippen molar-refractivity contribution in [2.75, 3.05) is 0 Å². The Morgan fingerprint density at radius 3 is 2.39 bits per heavy atom. The average molecular weight is 261 g/mol. The molecule has 0 bridgehead atoms. The molecule has 2 aromatic rings. The van der Waals surface area contributed by atoms with Gasteiger partial charge in [-0.2, -0.15) is 0 Å². The Hall–Kier alpha value is -1.39. The monoisotopic (exact) mass is 261 g/mol. The van der Waals surface area contributed by atoms with E-state index < -0.39 is 10.0 Å². The fourth-order valence-corrected chi connectivity index (χ4v) is 3.49. The molecule has 1 fully saturated rings. The summed E-state index contributed by atoms with van der Waals surface area (Å²) in [5, 5.41) is 2.01. The summed E-state index contributed by atoms with van der Waals surface area (Å²) in [6, 6.07) is 13.1. The molecule has 0 aromatic heterocycles. The second-order valence-corrected chi connectivity index (χ2v) is 6.47. The highest BCUT2D eigenvalue weighted by Crippen LogP contribution is 2.23. The zero-order chi connectivity index (χ0) is 12.6. The normalized spacial score (nSPS) is 16.7. The van der Waals surface area contributed by atoms with Gasteiger partial charge >= 0.3 is 0 Å². The van der Waals surface area contributed by atoms with Crippen LogP contribution >= 0.6 is 0 Å². The van der Waals surface area contributed by atoms with Gasteiger partial charge in [0.2, 0.25) is 10.0 Å². The molecule has 1 aliphatic rings. The molecule has 3 nitrogen and oxygen atoms in total. The molecule has 0 radical (unpaired) electrons. The van der Waals surface area contributed by atoms with Crippen LogP contribution in [0.3, 0.4) is 0 Å². The summed E-state index contributed by atoms with van der Waals surface area (Å²) in [5.41, 5.74) is 0. The zero-order valence-electron chi connectivity index (χ0n) is 9.96. The van der Waals surface area contributed by atoms with Gasteiger partial charge in [0.25, 0.3) is 0 Å². The van der Waals surface area contributed by atoms with Crippen LogP contribution in [0.4, 0.5) is 0 Å². The summed E-state index contributed by atoms with van der Waals surface area (Å²) >= 11 is 0. The first-order chi connectivity index (χ1) is 8.65. The maximum absolute atomic E-state index is 12.2. The van der Waals surface area contributed by atoms with Gasteiger partial charge in [-0.15, -0.1) is 0 Å². The second-order valence-electron chi connectivity index (χ2n) is 4.76. The third-order valence-corrected chi connectivity index (χ3v) is 4.98. The fraction of sp³-hybridized carbons (Fsp3) is 0.286. The smallest absolute Gasteiger partial charge is 0.208 e. The fourth-order valence-electron chi connectivity index (χ4n) is 2.15. The molecule has 0 unspecified atom stereocenters. The Labute approximate surface area is 107 Å². The largest absolute Gasteiger partial charge is 0.240 e. The lowest BCUT2D eigenvalue weighted by atomic mass is 9.94. The number of hydrogen-bond acceptors (Lipinski definition) is 2. The Balaban J connectivity index is 1.97. The van der Waals surface area contributed by atoms with Crippen molar-refractivity contribution in [3.8, 4) is 0 Å². The molecule has 18 heavy (non-hydrogen) atoms. The quantitative estimate of drug-likeness (QED) is 0.923. The summed E-state index contributed by atoms with van der Waals surface area (Å²) in [6.07, 6.45) is 3.02. The van der Waals surface area contributed by atoms with Crippen molar-refractivity contribution in [2.24, 2.45) is 0 Å². The highest BCUT2D eigenvalue weighted by atomic mass is 32.2. The lowest BCUT2D eigenvalue weighted by Gasteiger charge is -2.26. The third-order valence-electron chi connectivity index (χ3n) is 3.46. The molecular weight excluding hydrogens is 246 g/mol.